The Hall–Kier alpha value is -1.45. The molecule has 3 saturated carbocycles. The van der Waals surface area contributed by atoms with Crippen molar-refractivity contribution in [1.82, 2.24) is 0 Å². The minimum Gasteiger partial charge on any atom is -0.458 e. The molecule has 34 heavy (non-hydrogen) atoms. The second-order valence-corrected chi connectivity index (χ2v) is 14.1. The monoisotopic (exact) mass is 468 g/mol. The van der Waals surface area contributed by atoms with Gasteiger partial charge in [-0.25, -0.2) is 0 Å². The molecule has 0 radical (unpaired) electrons. The number of cyclic esters (lactones) is 1. The van der Waals surface area contributed by atoms with Gasteiger partial charge in [-0.2, -0.15) is 0 Å². The van der Waals surface area contributed by atoms with Gasteiger partial charge in [0.2, 0.25) is 0 Å². The van der Waals surface area contributed by atoms with Gasteiger partial charge < -0.3 is 4.74 Å². The maximum Gasteiger partial charge on any atom is 0.313 e. The number of rotatable bonds is 4. The van der Waals surface area contributed by atoms with Gasteiger partial charge in [0.25, 0.3) is 0 Å². The predicted octanol–water partition coefficient (Wildman–Crippen LogP) is 6.46. The summed E-state index contributed by atoms with van der Waals surface area (Å²) < 4.78 is 6.22. The Bertz CT molecular complexity index is 974. The van der Waals surface area contributed by atoms with Crippen molar-refractivity contribution < 1.29 is 19.1 Å². The third kappa shape index (κ3) is 2.86. The van der Waals surface area contributed by atoms with Crippen LogP contribution in [0.1, 0.15) is 106 Å². The molecular weight excluding hydrogens is 424 g/mol. The van der Waals surface area contributed by atoms with Gasteiger partial charge in [0.1, 0.15) is 17.2 Å². The largest absolute Gasteiger partial charge is 0.458 e. The smallest absolute Gasteiger partial charge is 0.313 e. The number of carbonyl (C=O) groups excluding carboxylic acids is 3. The minimum atomic E-state index is -0.688. The number of hydrogen-bond acceptors (Lipinski definition) is 4. The standard InChI is InChI=1S/C30H44O4/c1-18(2)16-19(31)17-29(7)23-11-14-28(6)21-8-9-22-26(3,4)24(32)12-13-27(22,5)20(21)10-15-30(23,28)25(33)34-29/h10,18,21-23H,8-9,11-17H2,1-7H3/t21-,22+,23-,27-,28+,29?,30-/m1/s1. The van der Waals surface area contributed by atoms with Crippen LogP contribution in [0.15, 0.2) is 11.6 Å². The van der Waals surface area contributed by atoms with E-state index in [1.54, 1.807) is 0 Å². The Labute approximate surface area is 205 Å². The van der Waals surface area contributed by atoms with Crippen molar-refractivity contribution >= 4 is 17.5 Å². The summed E-state index contributed by atoms with van der Waals surface area (Å²) in [6, 6.07) is 0. The van der Waals surface area contributed by atoms with Crippen molar-refractivity contribution in [2.75, 3.05) is 0 Å². The van der Waals surface area contributed by atoms with E-state index in [1.165, 1.54) is 5.57 Å². The van der Waals surface area contributed by atoms with E-state index < -0.39 is 11.0 Å². The Morgan fingerprint density at radius 1 is 1.03 bits per heavy atom. The highest BCUT2D eigenvalue weighted by atomic mass is 16.6. The fraction of sp³-hybridized carbons (Fsp3) is 0.833. The van der Waals surface area contributed by atoms with E-state index in [4.69, 9.17) is 4.74 Å². The van der Waals surface area contributed by atoms with E-state index in [2.05, 4.69) is 47.6 Å². The van der Waals surface area contributed by atoms with E-state index in [9.17, 15) is 14.4 Å². The topological polar surface area (TPSA) is 60.4 Å². The van der Waals surface area contributed by atoms with Crippen LogP contribution in [0.3, 0.4) is 0 Å². The zero-order chi connectivity index (χ0) is 24.9. The molecule has 1 spiro atoms. The second kappa shape index (κ2) is 7.29. The lowest BCUT2D eigenvalue weighted by molar-refractivity contribution is -0.162. The third-order valence-corrected chi connectivity index (χ3v) is 11.6. The number of carbonyl (C=O) groups is 3. The van der Waals surface area contributed by atoms with Crippen molar-refractivity contribution in [3.8, 4) is 0 Å². The number of ketones is 2. The molecule has 4 fully saturated rings. The summed E-state index contributed by atoms with van der Waals surface area (Å²) in [5.74, 6) is 1.71. The Morgan fingerprint density at radius 2 is 1.74 bits per heavy atom. The zero-order valence-electron chi connectivity index (χ0n) is 22.4. The summed E-state index contributed by atoms with van der Waals surface area (Å²) in [5.41, 5.74) is -0.0759. The SMILES string of the molecule is CC(C)CC(=O)CC1(C)OC(=O)[C@]23CC=C4[C@@H](CC[C@H]5C(C)(C)C(=O)CC[C@]45C)[C@]2(C)CC[C@H]13. The van der Waals surface area contributed by atoms with Gasteiger partial charge in [-0.1, -0.05) is 53.2 Å². The minimum absolute atomic E-state index is 0.0298. The van der Waals surface area contributed by atoms with E-state index in [-0.39, 0.29) is 33.9 Å². The molecule has 1 unspecified atom stereocenters. The van der Waals surface area contributed by atoms with Crippen molar-refractivity contribution in [2.45, 2.75) is 112 Å². The van der Waals surface area contributed by atoms with Crippen molar-refractivity contribution in [2.24, 2.45) is 45.3 Å². The fourth-order valence-corrected chi connectivity index (χ4v) is 9.99. The van der Waals surface area contributed by atoms with Crippen LogP contribution in [-0.2, 0) is 19.1 Å². The van der Waals surface area contributed by atoms with Crippen molar-refractivity contribution in [1.29, 1.82) is 0 Å². The molecule has 0 amide bonds. The maximum atomic E-state index is 13.8. The van der Waals surface area contributed by atoms with E-state index in [0.717, 1.165) is 38.5 Å². The van der Waals surface area contributed by atoms with Gasteiger partial charge in [0, 0.05) is 30.6 Å². The normalized spacial score (nSPS) is 46.8. The summed E-state index contributed by atoms with van der Waals surface area (Å²) in [7, 11) is 0. The lowest BCUT2D eigenvalue weighted by Crippen LogP contribution is -2.58. The van der Waals surface area contributed by atoms with Gasteiger partial charge in [-0.15, -0.1) is 0 Å². The molecule has 4 nitrogen and oxygen atoms in total. The molecule has 1 aliphatic heterocycles. The first-order valence-electron chi connectivity index (χ1n) is 13.7. The number of Topliss-reactive ketones (excluding diaryl/α,β-unsaturated/α-hetero) is 2. The highest BCUT2D eigenvalue weighted by Crippen LogP contribution is 2.75. The number of fused-ring (bicyclic) bond motifs is 4. The van der Waals surface area contributed by atoms with Crippen LogP contribution in [0.4, 0.5) is 0 Å². The zero-order valence-corrected chi connectivity index (χ0v) is 22.4. The first-order valence-corrected chi connectivity index (χ1v) is 13.7. The summed E-state index contributed by atoms with van der Waals surface area (Å²) in [6.07, 6.45) is 9.68. The highest BCUT2D eigenvalue weighted by Gasteiger charge is 2.76. The van der Waals surface area contributed by atoms with Gasteiger partial charge in [0.15, 0.2) is 0 Å². The third-order valence-electron chi connectivity index (χ3n) is 11.6. The molecule has 0 aromatic carbocycles. The molecule has 5 rings (SSSR count). The molecule has 0 bridgehead atoms. The Morgan fingerprint density at radius 3 is 2.41 bits per heavy atom. The van der Waals surface area contributed by atoms with E-state index >= 15 is 0 Å². The summed E-state index contributed by atoms with van der Waals surface area (Å²) >= 11 is 0. The van der Waals surface area contributed by atoms with Crippen LogP contribution < -0.4 is 0 Å². The molecule has 4 aliphatic carbocycles. The van der Waals surface area contributed by atoms with Gasteiger partial charge >= 0.3 is 5.97 Å². The average Bonchev–Trinajstić information content (AvgIpc) is 3.15. The number of esters is 1. The molecule has 0 aromatic rings. The van der Waals surface area contributed by atoms with Gasteiger partial charge in [-0.05, 0) is 74.0 Å². The molecule has 0 aromatic heterocycles. The van der Waals surface area contributed by atoms with E-state index in [1.807, 2.05) is 6.92 Å². The Kier molecular flexibility index (Phi) is 5.20. The molecule has 1 saturated heterocycles. The van der Waals surface area contributed by atoms with Gasteiger partial charge in [-0.3, -0.25) is 14.4 Å². The first-order chi connectivity index (χ1) is 15.7. The molecule has 5 aliphatic rings. The summed E-state index contributed by atoms with van der Waals surface area (Å²) in [5, 5.41) is 0. The molecule has 188 valence electrons. The van der Waals surface area contributed by atoms with E-state index in [0.29, 0.717) is 42.8 Å². The summed E-state index contributed by atoms with van der Waals surface area (Å²) in [6.45, 7) is 15.2. The molecule has 7 atom stereocenters. The second-order valence-electron chi connectivity index (χ2n) is 14.1. The van der Waals surface area contributed by atoms with Crippen LogP contribution in [0.2, 0.25) is 0 Å². The van der Waals surface area contributed by atoms with Crippen LogP contribution in [0.25, 0.3) is 0 Å². The van der Waals surface area contributed by atoms with Crippen molar-refractivity contribution in [3.63, 3.8) is 0 Å². The lowest BCUT2D eigenvalue weighted by Gasteiger charge is -2.61. The fourth-order valence-electron chi connectivity index (χ4n) is 9.99. The molecular formula is C30H44O4. The van der Waals surface area contributed by atoms with Crippen LogP contribution in [-0.4, -0.2) is 23.1 Å². The Balaban J connectivity index is 1.52. The molecule has 1 heterocycles. The average molecular weight is 469 g/mol. The number of ether oxygens (including phenoxy) is 1. The number of hydrogen-bond donors (Lipinski definition) is 0. The molecule has 0 N–H and O–H groups in total. The highest BCUT2D eigenvalue weighted by molar-refractivity contribution is 5.87. The molecule has 4 heteroatoms. The van der Waals surface area contributed by atoms with Crippen molar-refractivity contribution in [3.05, 3.63) is 11.6 Å². The first kappa shape index (κ1) is 24.3. The maximum absolute atomic E-state index is 13.8. The van der Waals surface area contributed by atoms with Crippen LogP contribution in [0, 0.1) is 45.3 Å². The van der Waals surface area contributed by atoms with Gasteiger partial charge in [0.05, 0.1) is 5.41 Å². The van der Waals surface area contributed by atoms with Crippen LogP contribution in [0.5, 0.6) is 0 Å². The predicted molar refractivity (Wildman–Crippen MR) is 132 cm³/mol. The van der Waals surface area contributed by atoms with Crippen LogP contribution >= 0.6 is 0 Å². The quantitative estimate of drug-likeness (QED) is 0.351. The number of allylic oxidation sites excluding steroid dienone is 2. The lowest BCUT2D eigenvalue weighted by atomic mass is 9.41. The summed E-state index contributed by atoms with van der Waals surface area (Å²) in [4.78, 5) is 39.5.